The Labute approximate surface area is 259 Å². The number of Topliss-reactive ketones (excluding diaryl/α,β-unsaturated/α-hetero) is 1. The Balaban J connectivity index is 1.60. The molecule has 44 heavy (non-hydrogen) atoms. The number of aliphatic hydroxyl groups is 4. The topological polar surface area (TPSA) is 189 Å². The first-order valence-corrected chi connectivity index (χ1v) is 15.6. The fourth-order valence-electron chi connectivity index (χ4n) is 8.14. The summed E-state index contributed by atoms with van der Waals surface area (Å²) in [5, 5.41) is 51.4. The van der Waals surface area contributed by atoms with Gasteiger partial charge in [-0.1, -0.05) is 26.8 Å². The van der Waals surface area contributed by atoms with Gasteiger partial charge in [0.15, 0.2) is 11.9 Å². The maximum atomic E-state index is 14.2. The number of ketones is 1. The minimum absolute atomic E-state index is 0.0568. The Bertz CT molecular complexity index is 1390. The Morgan fingerprint density at radius 1 is 1.16 bits per heavy atom. The zero-order valence-corrected chi connectivity index (χ0v) is 26.5. The molecule has 1 aromatic heterocycles. The fraction of sp³-hybridized carbons (Fsp3) is 0.677. The smallest absolute Gasteiger partial charge is 0.338 e. The van der Waals surface area contributed by atoms with Crippen LogP contribution >= 0.6 is 11.3 Å². The van der Waals surface area contributed by atoms with E-state index in [-0.39, 0.29) is 31.4 Å². The van der Waals surface area contributed by atoms with Crippen LogP contribution in [0.25, 0.3) is 0 Å². The van der Waals surface area contributed by atoms with Gasteiger partial charge in [0.25, 0.3) is 0 Å². The summed E-state index contributed by atoms with van der Waals surface area (Å²) in [7, 11) is 0. The van der Waals surface area contributed by atoms with E-state index in [1.165, 1.54) is 25.2 Å². The highest BCUT2D eigenvalue weighted by Crippen LogP contribution is 2.63. The number of fused-ring (bicyclic) bond motifs is 5. The van der Waals surface area contributed by atoms with Gasteiger partial charge in [-0.25, -0.2) is 4.79 Å². The molecule has 3 aliphatic carbocycles. The Morgan fingerprint density at radius 2 is 1.84 bits per heavy atom. The first-order valence-electron chi connectivity index (χ1n) is 14.7. The number of esters is 2. The third kappa shape index (κ3) is 4.83. The van der Waals surface area contributed by atoms with E-state index in [2.05, 4.69) is 5.32 Å². The summed E-state index contributed by atoms with van der Waals surface area (Å²) in [4.78, 5) is 52.7. The molecule has 0 spiro atoms. The highest BCUT2D eigenvalue weighted by molar-refractivity contribution is 7.10. The summed E-state index contributed by atoms with van der Waals surface area (Å²) in [6.45, 7) is 8.80. The lowest BCUT2D eigenvalue weighted by atomic mass is 9.45. The van der Waals surface area contributed by atoms with Gasteiger partial charge in [0, 0.05) is 60.3 Å². The number of carbonyl (C=O) groups is 4. The number of thiophene rings is 1. The van der Waals surface area contributed by atoms with E-state index < -0.39 is 88.1 Å². The third-order valence-corrected chi connectivity index (χ3v) is 11.5. The van der Waals surface area contributed by atoms with Crippen molar-refractivity contribution in [1.29, 1.82) is 0 Å². The number of amides is 1. The van der Waals surface area contributed by atoms with Gasteiger partial charge >= 0.3 is 11.9 Å². The fourth-order valence-corrected chi connectivity index (χ4v) is 8.95. The van der Waals surface area contributed by atoms with Gasteiger partial charge in [-0.15, -0.1) is 11.3 Å². The number of nitrogens with one attached hydrogen (secondary N) is 1. The maximum Gasteiger partial charge on any atom is 0.338 e. The van der Waals surface area contributed by atoms with Crippen molar-refractivity contribution in [3.05, 3.63) is 33.5 Å². The monoisotopic (exact) mass is 635 g/mol. The molecule has 10 atom stereocenters. The van der Waals surface area contributed by atoms with Crippen LogP contribution in [-0.2, 0) is 33.4 Å². The van der Waals surface area contributed by atoms with Crippen LogP contribution in [0.4, 0.5) is 0 Å². The van der Waals surface area contributed by atoms with Gasteiger partial charge in [-0.2, -0.15) is 0 Å². The van der Waals surface area contributed by atoms with Gasteiger partial charge in [0.2, 0.25) is 5.91 Å². The lowest BCUT2D eigenvalue weighted by molar-refractivity contribution is -0.349. The minimum Gasteiger partial charge on any atom is -0.459 e. The molecule has 1 unspecified atom stereocenters. The number of rotatable bonds is 6. The minimum atomic E-state index is -2.09. The molecule has 2 heterocycles. The second kappa shape index (κ2) is 11.0. The molecule has 242 valence electrons. The normalized spacial score (nSPS) is 39.0. The molecule has 0 radical (unpaired) electrons. The first-order chi connectivity index (χ1) is 20.4. The second-order valence-electron chi connectivity index (χ2n) is 13.5. The largest absolute Gasteiger partial charge is 0.459 e. The van der Waals surface area contributed by atoms with E-state index in [4.69, 9.17) is 14.2 Å². The molecule has 5 rings (SSSR count). The zero-order valence-electron chi connectivity index (χ0n) is 25.7. The van der Waals surface area contributed by atoms with E-state index >= 15 is 0 Å². The first kappa shape index (κ1) is 32.7. The van der Waals surface area contributed by atoms with Crippen LogP contribution < -0.4 is 5.32 Å². The average molecular weight is 636 g/mol. The Hall–Kier alpha value is -2.68. The molecule has 1 aliphatic heterocycles. The van der Waals surface area contributed by atoms with Crippen molar-refractivity contribution in [3.63, 3.8) is 0 Å². The van der Waals surface area contributed by atoms with E-state index in [1.54, 1.807) is 45.2 Å². The van der Waals surface area contributed by atoms with Crippen LogP contribution in [0.15, 0.2) is 28.7 Å². The van der Waals surface area contributed by atoms with Crippen molar-refractivity contribution in [2.45, 2.75) is 109 Å². The van der Waals surface area contributed by atoms with Crippen LogP contribution in [0, 0.1) is 16.7 Å². The van der Waals surface area contributed by atoms with Crippen LogP contribution in [0.5, 0.6) is 0 Å². The van der Waals surface area contributed by atoms with E-state index in [0.29, 0.717) is 10.5 Å². The van der Waals surface area contributed by atoms with Crippen molar-refractivity contribution in [1.82, 2.24) is 5.32 Å². The van der Waals surface area contributed by atoms with E-state index in [1.807, 2.05) is 0 Å². The number of hydrogen-bond acceptors (Lipinski definition) is 12. The van der Waals surface area contributed by atoms with Crippen molar-refractivity contribution in [2.75, 3.05) is 6.61 Å². The third-order valence-electron chi connectivity index (χ3n) is 10.5. The second-order valence-corrected chi connectivity index (χ2v) is 14.5. The quantitative estimate of drug-likeness (QED) is 0.282. The van der Waals surface area contributed by atoms with E-state index in [0.717, 1.165) is 0 Å². The Morgan fingerprint density at radius 3 is 2.39 bits per heavy atom. The predicted octanol–water partition coefficient (Wildman–Crippen LogP) is 1.10. The van der Waals surface area contributed by atoms with Gasteiger partial charge in [-0.3, -0.25) is 14.4 Å². The molecule has 3 fully saturated rings. The molecule has 0 aromatic carbocycles. The van der Waals surface area contributed by atoms with Crippen LogP contribution in [-0.4, -0.2) is 92.4 Å². The highest BCUT2D eigenvalue weighted by atomic mass is 32.1. The maximum absolute atomic E-state index is 14.2. The Kier molecular flexibility index (Phi) is 8.17. The molecular weight excluding hydrogens is 594 g/mol. The summed E-state index contributed by atoms with van der Waals surface area (Å²) in [5.41, 5.74) is -5.90. The zero-order chi connectivity index (χ0) is 32.6. The SMILES string of the molecule is CC(=O)N[C@@H](c1cccs1)[C@@H](O)C(=O)OC1C[C@@]2(O)[C@@H](OC(C)=O)[C@H]3[C@](C)(CC(=O)C(=C1C)C2(C)C)[C@@H](O)C[C@H]1OC[C@]13O. The molecule has 1 amide bonds. The summed E-state index contributed by atoms with van der Waals surface area (Å²) < 4.78 is 17.3. The molecule has 13 heteroatoms. The van der Waals surface area contributed by atoms with Crippen LogP contribution in [0.3, 0.4) is 0 Å². The highest BCUT2D eigenvalue weighted by Gasteiger charge is 2.74. The number of hydrogen-bond donors (Lipinski definition) is 5. The summed E-state index contributed by atoms with van der Waals surface area (Å²) >= 11 is 1.23. The lowest BCUT2D eigenvalue weighted by Gasteiger charge is -2.66. The van der Waals surface area contributed by atoms with Gasteiger partial charge in [0.1, 0.15) is 29.5 Å². The van der Waals surface area contributed by atoms with Gasteiger partial charge in [0.05, 0.1) is 18.8 Å². The summed E-state index contributed by atoms with van der Waals surface area (Å²) in [6, 6.07) is 2.25. The molecular formula is C31H41NO11S. The lowest BCUT2D eigenvalue weighted by Crippen LogP contribution is -2.79. The van der Waals surface area contributed by atoms with Gasteiger partial charge in [-0.05, 0) is 23.9 Å². The van der Waals surface area contributed by atoms with Crippen molar-refractivity contribution in [2.24, 2.45) is 16.7 Å². The van der Waals surface area contributed by atoms with Crippen molar-refractivity contribution >= 4 is 35.0 Å². The molecule has 2 bridgehead atoms. The number of aliphatic hydroxyl groups excluding tert-OH is 2. The van der Waals surface area contributed by atoms with E-state index in [9.17, 15) is 39.6 Å². The molecule has 2 saturated carbocycles. The molecule has 5 N–H and O–H groups in total. The van der Waals surface area contributed by atoms with Crippen molar-refractivity contribution < 1.29 is 53.8 Å². The molecule has 1 saturated heterocycles. The molecule has 4 aliphatic rings. The van der Waals surface area contributed by atoms with Crippen molar-refractivity contribution in [3.8, 4) is 0 Å². The number of carbonyl (C=O) groups excluding carboxylic acids is 4. The van der Waals surface area contributed by atoms with Crippen LogP contribution in [0.2, 0.25) is 0 Å². The summed E-state index contributed by atoms with van der Waals surface area (Å²) in [5.74, 6) is -3.87. The predicted molar refractivity (Wildman–Crippen MR) is 155 cm³/mol. The number of ether oxygens (including phenoxy) is 3. The van der Waals surface area contributed by atoms with Gasteiger partial charge < -0.3 is 40.0 Å². The standard InChI is InChI=1S/C31H41NO11S/c1-14-18(43-27(38)24(37)23(32-15(2)33)19-8-7-9-44-19)12-31(40)26(42-16(3)34)25-29(6,11-17(35)22(14)28(31,4)5)20(36)10-21-30(25,39)13-41-21/h7-9,18,20-21,23-26,36-37,39-40H,10-13H2,1-6H3,(H,32,33)/t18?,20-,21+,23-,24+,25-,26-,29+,30-,31+/m0/s1. The average Bonchev–Trinajstić information content (AvgIpc) is 3.45. The molecule has 1 aromatic rings. The molecule has 12 nitrogen and oxygen atoms in total. The van der Waals surface area contributed by atoms with Crippen LogP contribution in [0.1, 0.15) is 71.7 Å². The summed E-state index contributed by atoms with van der Waals surface area (Å²) in [6.07, 6.45) is -6.99.